The first-order valence-electron chi connectivity index (χ1n) is 3.29. The van der Waals surface area contributed by atoms with E-state index in [2.05, 4.69) is 10.1 Å². The van der Waals surface area contributed by atoms with Crippen LogP contribution >= 0.6 is 0 Å². The minimum Gasteiger partial charge on any atom is -0.476 e. The van der Waals surface area contributed by atoms with Crippen LogP contribution in [0.25, 0.3) is 0 Å². The van der Waals surface area contributed by atoms with E-state index < -0.39 is 17.6 Å². The van der Waals surface area contributed by atoms with Crippen molar-refractivity contribution >= 4 is 11.7 Å². The molecule has 68 valence electrons. The van der Waals surface area contributed by atoms with Gasteiger partial charge in [-0.2, -0.15) is 9.49 Å². The summed E-state index contributed by atoms with van der Waals surface area (Å²) in [4.78, 5) is 13.7. The molecule has 0 unspecified atom stereocenters. The van der Waals surface area contributed by atoms with Crippen LogP contribution in [0.4, 0.5) is 4.39 Å². The van der Waals surface area contributed by atoms with Gasteiger partial charge in [-0.05, 0) is 12.1 Å². The number of aromatic nitrogens is 1. The summed E-state index contributed by atoms with van der Waals surface area (Å²) in [5.74, 6) is 2.48. The lowest BCUT2D eigenvalue weighted by molar-refractivity contribution is -0.129. The molecule has 3 N–H and O–H groups in total. The maximum atomic E-state index is 12.9. The van der Waals surface area contributed by atoms with Crippen LogP contribution in [-0.2, 0) is 4.79 Å². The van der Waals surface area contributed by atoms with E-state index in [1.54, 1.807) is 0 Å². The molecular weight excluding hydrogens is 177 g/mol. The zero-order valence-corrected chi connectivity index (χ0v) is 6.44. The fourth-order valence-electron chi connectivity index (χ4n) is 0.803. The normalized spacial score (nSPS) is 11.3. The third kappa shape index (κ3) is 1.78. The summed E-state index contributed by atoms with van der Waals surface area (Å²) in [6, 6.07) is 2.63. The number of nitrogens with two attached hydrogens (primary N) is 1. The van der Waals surface area contributed by atoms with Crippen molar-refractivity contribution in [1.29, 1.82) is 0 Å². The first-order valence-corrected chi connectivity index (χ1v) is 3.29. The molecule has 0 fully saturated rings. The van der Waals surface area contributed by atoms with Gasteiger partial charge >= 0.3 is 5.97 Å². The van der Waals surface area contributed by atoms with E-state index >= 15 is 0 Å². The highest BCUT2D eigenvalue weighted by Gasteiger charge is 2.16. The number of hydrogen-bond acceptors (Lipinski definition) is 4. The molecule has 0 spiro atoms. The molecule has 1 aromatic rings. The van der Waals surface area contributed by atoms with Gasteiger partial charge in [-0.15, -0.1) is 0 Å². The predicted octanol–water partition coefficient (Wildman–Crippen LogP) is -0.0319. The van der Waals surface area contributed by atoms with E-state index in [0.717, 1.165) is 0 Å². The van der Waals surface area contributed by atoms with Gasteiger partial charge in [0.05, 0.1) is 5.56 Å². The minimum absolute atomic E-state index is 0.225. The van der Waals surface area contributed by atoms with E-state index in [1.807, 2.05) is 0 Å². The zero-order chi connectivity index (χ0) is 9.84. The summed E-state index contributed by atoms with van der Waals surface area (Å²) in [7, 11) is 0. The summed E-state index contributed by atoms with van der Waals surface area (Å²) in [5.41, 5.74) is -0.775. The Morgan fingerprint density at radius 3 is 2.85 bits per heavy atom. The highest BCUT2D eigenvalue weighted by molar-refractivity contribution is 6.42. The van der Waals surface area contributed by atoms with Gasteiger partial charge < -0.3 is 10.9 Å². The number of hydrogen-bond donors (Lipinski definition) is 2. The lowest BCUT2D eigenvalue weighted by Gasteiger charge is -1.99. The summed E-state index contributed by atoms with van der Waals surface area (Å²) in [6.45, 7) is 0. The third-order valence-electron chi connectivity index (χ3n) is 1.35. The van der Waals surface area contributed by atoms with Crippen molar-refractivity contribution in [3.05, 3.63) is 29.8 Å². The lowest BCUT2D eigenvalue weighted by Crippen LogP contribution is -2.18. The molecule has 0 aliphatic heterocycles. The highest BCUT2D eigenvalue weighted by atomic mass is 19.1. The average Bonchev–Trinajstić information content (AvgIpc) is 2.09. The minimum atomic E-state index is -1.39. The topological polar surface area (TPSA) is 88.6 Å². The van der Waals surface area contributed by atoms with Gasteiger partial charge in [-0.1, -0.05) is 0 Å². The Kier molecular flexibility index (Phi) is 2.53. The average molecular weight is 183 g/mol. The molecule has 1 rings (SSSR count). The summed E-state index contributed by atoms with van der Waals surface area (Å²) < 4.78 is 12.9. The number of carboxylic acid groups (broad SMARTS) is 1. The number of hydrazone groups is 1. The molecule has 6 heteroatoms. The highest BCUT2D eigenvalue weighted by Crippen LogP contribution is 2.04. The second-order valence-electron chi connectivity index (χ2n) is 2.12. The Hall–Kier alpha value is -1.98. The molecular formula is C7H6FN3O2. The van der Waals surface area contributed by atoms with Crippen LogP contribution in [0.1, 0.15) is 5.56 Å². The molecule has 1 aromatic heterocycles. The molecule has 0 bridgehead atoms. The van der Waals surface area contributed by atoms with Crippen LogP contribution < -0.4 is 5.84 Å². The van der Waals surface area contributed by atoms with Gasteiger partial charge in [-0.3, -0.25) is 0 Å². The van der Waals surface area contributed by atoms with Crippen molar-refractivity contribution in [2.24, 2.45) is 10.9 Å². The molecule has 0 atom stereocenters. The summed E-state index contributed by atoms with van der Waals surface area (Å²) in [5, 5.41) is 11.5. The van der Waals surface area contributed by atoms with Gasteiger partial charge in [-0.25, -0.2) is 9.78 Å². The maximum Gasteiger partial charge on any atom is 0.357 e. The Morgan fingerprint density at radius 1 is 1.69 bits per heavy atom. The Balaban J connectivity index is 3.21. The van der Waals surface area contributed by atoms with Crippen molar-refractivity contribution in [2.45, 2.75) is 0 Å². The van der Waals surface area contributed by atoms with Crippen molar-refractivity contribution < 1.29 is 14.3 Å². The number of rotatable bonds is 2. The quantitative estimate of drug-likeness (QED) is 0.291. The molecule has 0 aliphatic rings. The molecule has 5 nitrogen and oxygen atoms in total. The maximum absolute atomic E-state index is 12.9. The van der Waals surface area contributed by atoms with Gasteiger partial charge in [0.25, 0.3) is 0 Å². The van der Waals surface area contributed by atoms with Crippen LogP contribution in [0, 0.1) is 5.95 Å². The zero-order valence-electron chi connectivity index (χ0n) is 6.44. The monoisotopic (exact) mass is 183 g/mol. The van der Waals surface area contributed by atoms with Crippen LogP contribution in [0.2, 0.25) is 0 Å². The van der Waals surface area contributed by atoms with E-state index in [1.165, 1.54) is 18.3 Å². The third-order valence-corrected chi connectivity index (χ3v) is 1.35. The molecule has 0 amide bonds. The number of pyridine rings is 1. The number of carboxylic acids is 1. The summed E-state index contributed by atoms with van der Waals surface area (Å²) in [6.07, 6.45) is 1.20. The number of aliphatic carboxylic acids is 1. The van der Waals surface area contributed by atoms with Crippen LogP contribution in [0.15, 0.2) is 23.4 Å². The number of halogens is 1. The SMILES string of the molecule is NN=C(C(=O)O)c1cccnc1F. The van der Waals surface area contributed by atoms with Crippen molar-refractivity contribution in [3.63, 3.8) is 0 Å². The van der Waals surface area contributed by atoms with Gasteiger partial charge in [0.15, 0.2) is 5.71 Å². The van der Waals surface area contributed by atoms with E-state index in [4.69, 9.17) is 10.9 Å². The Morgan fingerprint density at radius 2 is 2.38 bits per heavy atom. The molecule has 0 aromatic carbocycles. The van der Waals surface area contributed by atoms with Crippen molar-refractivity contribution in [1.82, 2.24) is 4.98 Å². The Bertz CT molecular complexity index is 365. The number of carbonyl (C=O) groups is 1. The fourth-order valence-corrected chi connectivity index (χ4v) is 0.803. The first kappa shape index (κ1) is 9.11. The van der Waals surface area contributed by atoms with E-state index in [0.29, 0.717) is 0 Å². The number of nitrogens with zero attached hydrogens (tertiary/aromatic N) is 2. The lowest BCUT2D eigenvalue weighted by atomic mass is 10.2. The van der Waals surface area contributed by atoms with E-state index in [-0.39, 0.29) is 5.56 Å². The second-order valence-corrected chi connectivity index (χ2v) is 2.12. The van der Waals surface area contributed by atoms with Gasteiger partial charge in [0.2, 0.25) is 5.95 Å². The second kappa shape index (κ2) is 3.61. The van der Waals surface area contributed by atoms with Crippen molar-refractivity contribution in [2.75, 3.05) is 0 Å². The standard InChI is InChI=1S/C7H6FN3O2/c8-6-4(2-1-3-10-6)5(11-9)7(12)13/h1-3H,9H2,(H,12,13). The van der Waals surface area contributed by atoms with Gasteiger partial charge in [0.1, 0.15) is 0 Å². The smallest absolute Gasteiger partial charge is 0.357 e. The molecule has 0 aliphatic carbocycles. The largest absolute Gasteiger partial charge is 0.476 e. The van der Waals surface area contributed by atoms with Crippen LogP contribution in [0.3, 0.4) is 0 Å². The molecule has 0 saturated heterocycles. The van der Waals surface area contributed by atoms with Gasteiger partial charge in [0, 0.05) is 6.20 Å². The van der Waals surface area contributed by atoms with Crippen LogP contribution in [-0.4, -0.2) is 21.8 Å². The van der Waals surface area contributed by atoms with Crippen molar-refractivity contribution in [3.8, 4) is 0 Å². The summed E-state index contributed by atoms with van der Waals surface area (Å²) >= 11 is 0. The predicted molar refractivity (Wildman–Crippen MR) is 42.6 cm³/mol. The molecule has 1 heterocycles. The molecule has 0 radical (unpaired) electrons. The molecule has 0 saturated carbocycles. The Labute approximate surface area is 72.7 Å². The van der Waals surface area contributed by atoms with E-state index in [9.17, 15) is 9.18 Å². The first-order chi connectivity index (χ1) is 6.16. The fraction of sp³-hybridized carbons (Fsp3) is 0. The van der Waals surface area contributed by atoms with Crippen LogP contribution in [0.5, 0.6) is 0 Å². The molecule has 13 heavy (non-hydrogen) atoms.